The zero-order chi connectivity index (χ0) is 15.5. The summed E-state index contributed by atoms with van der Waals surface area (Å²) in [6.07, 6.45) is 7.18. The van der Waals surface area contributed by atoms with Crippen molar-refractivity contribution in [1.82, 2.24) is 5.43 Å². The van der Waals surface area contributed by atoms with Crippen molar-refractivity contribution in [2.45, 2.75) is 52.4 Å². The second kappa shape index (κ2) is 6.82. The van der Waals surface area contributed by atoms with Crippen LogP contribution in [0.2, 0.25) is 0 Å². The van der Waals surface area contributed by atoms with E-state index in [4.69, 9.17) is 0 Å². The summed E-state index contributed by atoms with van der Waals surface area (Å²) in [4.78, 5) is 13.1. The van der Waals surface area contributed by atoms with Crippen molar-refractivity contribution in [2.24, 2.45) is 17.8 Å². The zero-order valence-corrected chi connectivity index (χ0v) is 13.8. The number of unbranched alkanes of at least 4 members (excludes halogenated alkanes) is 1. The number of fused-ring (bicyclic) bond motifs is 2. The highest BCUT2D eigenvalue weighted by Gasteiger charge is 2.44. The first-order valence-electron chi connectivity index (χ1n) is 8.83. The summed E-state index contributed by atoms with van der Waals surface area (Å²) in [5.41, 5.74) is 5.57. The number of hydrogen-bond donors (Lipinski definition) is 1. The highest BCUT2D eigenvalue weighted by Crippen LogP contribution is 2.49. The zero-order valence-electron chi connectivity index (χ0n) is 13.8. The van der Waals surface area contributed by atoms with Crippen LogP contribution >= 0.6 is 0 Å². The molecule has 2 aliphatic carbocycles. The van der Waals surface area contributed by atoms with E-state index in [0.29, 0.717) is 5.92 Å². The second-order valence-electron chi connectivity index (χ2n) is 7.06. The Hall–Kier alpha value is -1.35. The van der Waals surface area contributed by atoms with E-state index in [0.717, 1.165) is 37.4 Å². The third-order valence-electron chi connectivity index (χ3n) is 5.34. The molecule has 1 aromatic rings. The van der Waals surface area contributed by atoms with E-state index in [1.165, 1.54) is 24.8 Å². The van der Waals surface area contributed by atoms with Gasteiger partial charge in [0.05, 0.1) is 5.69 Å². The van der Waals surface area contributed by atoms with Crippen LogP contribution in [0.15, 0.2) is 24.3 Å². The third-order valence-corrected chi connectivity index (χ3v) is 5.34. The maximum Gasteiger partial charge on any atom is 0.244 e. The Labute approximate surface area is 134 Å². The third kappa shape index (κ3) is 3.19. The number of anilines is 1. The predicted molar refractivity (Wildman–Crippen MR) is 90.5 cm³/mol. The molecule has 3 unspecified atom stereocenters. The SMILES string of the molecule is CCCCNN(C(=O)C1CC2CCC1C2)c1cccc(C)c1. The molecule has 3 heteroatoms. The van der Waals surface area contributed by atoms with E-state index in [-0.39, 0.29) is 11.8 Å². The lowest BCUT2D eigenvalue weighted by molar-refractivity contribution is -0.124. The molecule has 1 aromatic carbocycles. The first-order valence-corrected chi connectivity index (χ1v) is 8.83. The summed E-state index contributed by atoms with van der Waals surface area (Å²) < 4.78 is 0. The van der Waals surface area contributed by atoms with Crippen LogP contribution < -0.4 is 10.4 Å². The highest BCUT2D eigenvalue weighted by molar-refractivity contribution is 5.94. The summed E-state index contributed by atoms with van der Waals surface area (Å²) in [6.45, 7) is 5.11. The molecule has 2 bridgehead atoms. The Morgan fingerprint density at radius 2 is 2.18 bits per heavy atom. The Balaban J connectivity index is 1.76. The van der Waals surface area contributed by atoms with Gasteiger partial charge < -0.3 is 0 Å². The van der Waals surface area contributed by atoms with Gasteiger partial charge in [0.15, 0.2) is 0 Å². The summed E-state index contributed by atoms with van der Waals surface area (Å²) in [6, 6.07) is 8.25. The van der Waals surface area contributed by atoms with Crippen molar-refractivity contribution < 1.29 is 4.79 Å². The van der Waals surface area contributed by atoms with E-state index in [1.807, 2.05) is 17.1 Å². The number of hydrazine groups is 1. The van der Waals surface area contributed by atoms with Crippen molar-refractivity contribution in [3.05, 3.63) is 29.8 Å². The van der Waals surface area contributed by atoms with Crippen LogP contribution in [-0.2, 0) is 4.79 Å². The molecule has 2 saturated carbocycles. The number of nitrogens with one attached hydrogen (secondary N) is 1. The lowest BCUT2D eigenvalue weighted by Gasteiger charge is -2.30. The molecule has 2 aliphatic rings. The number of carbonyl (C=O) groups is 1. The lowest BCUT2D eigenvalue weighted by Crippen LogP contribution is -2.47. The minimum absolute atomic E-state index is 0.230. The van der Waals surface area contributed by atoms with Gasteiger partial charge in [-0.3, -0.25) is 4.79 Å². The lowest BCUT2D eigenvalue weighted by atomic mass is 9.88. The summed E-state index contributed by atoms with van der Waals surface area (Å²) in [7, 11) is 0. The molecule has 3 rings (SSSR count). The monoisotopic (exact) mass is 300 g/mol. The number of carbonyl (C=O) groups excluding carboxylic acids is 1. The molecular weight excluding hydrogens is 272 g/mol. The van der Waals surface area contributed by atoms with Gasteiger partial charge in [-0.2, -0.15) is 0 Å². The van der Waals surface area contributed by atoms with Crippen molar-refractivity contribution >= 4 is 11.6 Å². The smallest absolute Gasteiger partial charge is 0.244 e. The van der Waals surface area contributed by atoms with Gasteiger partial charge in [0.2, 0.25) is 5.91 Å². The normalized spacial score (nSPS) is 26.4. The van der Waals surface area contributed by atoms with Gasteiger partial charge in [0, 0.05) is 12.5 Å². The molecule has 22 heavy (non-hydrogen) atoms. The van der Waals surface area contributed by atoms with Crippen LogP contribution in [-0.4, -0.2) is 12.5 Å². The Morgan fingerprint density at radius 1 is 1.32 bits per heavy atom. The summed E-state index contributed by atoms with van der Waals surface area (Å²) in [5, 5.41) is 1.84. The van der Waals surface area contributed by atoms with Crippen LogP contribution in [0.1, 0.15) is 51.0 Å². The molecule has 3 nitrogen and oxygen atoms in total. The van der Waals surface area contributed by atoms with E-state index in [2.05, 4.69) is 31.4 Å². The van der Waals surface area contributed by atoms with Crippen LogP contribution in [0.3, 0.4) is 0 Å². The number of amides is 1. The number of rotatable bonds is 6. The van der Waals surface area contributed by atoms with Crippen molar-refractivity contribution in [3.63, 3.8) is 0 Å². The number of aryl methyl sites for hydroxylation is 1. The number of hydrogen-bond acceptors (Lipinski definition) is 2. The molecule has 2 fully saturated rings. The molecular formula is C19H28N2O. The average Bonchev–Trinajstić information content (AvgIpc) is 3.14. The molecule has 0 spiro atoms. The van der Waals surface area contributed by atoms with Crippen LogP contribution in [0.5, 0.6) is 0 Å². The van der Waals surface area contributed by atoms with Gasteiger partial charge in [-0.05, 0) is 62.1 Å². The van der Waals surface area contributed by atoms with Gasteiger partial charge in [0.25, 0.3) is 0 Å². The minimum atomic E-state index is 0.230. The Morgan fingerprint density at radius 3 is 2.82 bits per heavy atom. The Kier molecular flexibility index (Phi) is 4.82. The van der Waals surface area contributed by atoms with Gasteiger partial charge in [-0.15, -0.1) is 0 Å². The van der Waals surface area contributed by atoms with E-state index >= 15 is 0 Å². The molecule has 0 saturated heterocycles. The number of benzene rings is 1. The predicted octanol–water partition coefficient (Wildman–Crippen LogP) is 4.07. The van der Waals surface area contributed by atoms with Crippen molar-refractivity contribution in [3.8, 4) is 0 Å². The minimum Gasteiger partial charge on any atom is -0.273 e. The summed E-state index contributed by atoms with van der Waals surface area (Å²) in [5.74, 6) is 1.94. The van der Waals surface area contributed by atoms with Crippen LogP contribution in [0.4, 0.5) is 5.69 Å². The molecule has 1 amide bonds. The topological polar surface area (TPSA) is 32.3 Å². The van der Waals surface area contributed by atoms with Crippen LogP contribution in [0, 0.1) is 24.7 Å². The fourth-order valence-electron chi connectivity index (χ4n) is 4.14. The van der Waals surface area contributed by atoms with Crippen molar-refractivity contribution in [2.75, 3.05) is 11.6 Å². The molecule has 0 heterocycles. The van der Waals surface area contributed by atoms with Gasteiger partial charge in [0.1, 0.15) is 0 Å². The highest BCUT2D eigenvalue weighted by atomic mass is 16.2. The Bertz CT molecular complexity index is 528. The standard InChI is InChI=1S/C19H28N2O/c1-3-4-10-20-21(17-7-5-6-14(2)11-17)19(22)18-13-15-8-9-16(18)12-15/h5-7,11,15-16,18,20H,3-4,8-10,12-13H2,1-2H3. The van der Waals surface area contributed by atoms with Crippen LogP contribution in [0.25, 0.3) is 0 Å². The molecule has 0 aromatic heterocycles. The molecule has 0 radical (unpaired) electrons. The van der Waals surface area contributed by atoms with Gasteiger partial charge in [-0.25, -0.2) is 10.4 Å². The van der Waals surface area contributed by atoms with Gasteiger partial charge in [-0.1, -0.05) is 31.9 Å². The first kappa shape index (κ1) is 15.5. The first-order chi connectivity index (χ1) is 10.7. The van der Waals surface area contributed by atoms with E-state index < -0.39 is 0 Å². The fraction of sp³-hybridized carbons (Fsp3) is 0.632. The average molecular weight is 300 g/mol. The summed E-state index contributed by atoms with van der Waals surface area (Å²) >= 11 is 0. The van der Waals surface area contributed by atoms with E-state index in [1.54, 1.807) is 0 Å². The molecule has 3 atom stereocenters. The second-order valence-corrected chi connectivity index (χ2v) is 7.06. The molecule has 0 aliphatic heterocycles. The fourth-order valence-corrected chi connectivity index (χ4v) is 4.14. The van der Waals surface area contributed by atoms with E-state index in [9.17, 15) is 4.79 Å². The quantitative estimate of drug-likeness (QED) is 0.634. The molecule has 120 valence electrons. The van der Waals surface area contributed by atoms with Gasteiger partial charge >= 0.3 is 0 Å². The molecule has 1 N–H and O–H groups in total. The number of nitrogens with zero attached hydrogens (tertiary/aromatic N) is 1. The van der Waals surface area contributed by atoms with Crippen molar-refractivity contribution in [1.29, 1.82) is 0 Å². The maximum absolute atomic E-state index is 13.1. The maximum atomic E-state index is 13.1. The largest absolute Gasteiger partial charge is 0.273 e.